The van der Waals surface area contributed by atoms with Gasteiger partial charge in [0, 0.05) is 12.6 Å². The maximum Gasteiger partial charge on any atom is 0.291 e. The van der Waals surface area contributed by atoms with Gasteiger partial charge in [0.25, 0.3) is 5.91 Å². The fourth-order valence-electron chi connectivity index (χ4n) is 0.818. The van der Waals surface area contributed by atoms with Gasteiger partial charge in [-0.05, 0) is 31.2 Å². The van der Waals surface area contributed by atoms with Gasteiger partial charge in [-0.25, -0.2) is 4.68 Å². The first-order chi connectivity index (χ1) is 5.90. The second-order valence-electron chi connectivity index (χ2n) is 3.83. The fraction of sp³-hybridized carbons (Fsp3) is 0.714. The van der Waals surface area contributed by atoms with Crippen LogP contribution in [0.5, 0.6) is 0 Å². The van der Waals surface area contributed by atoms with Crippen molar-refractivity contribution in [2.75, 3.05) is 0 Å². The zero-order valence-electron chi connectivity index (χ0n) is 8.20. The van der Waals surface area contributed by atoms with Crippen molar-refractivity contribution in [3.8, 4) is 0 Å². The van der Waals surface area contributed by atoms with Crippen molar-refractivity contribution in [2.45, 2.75) is 26.3 Å². The number of hydrogen-bond donors (Lipinski definition) is 1. The van der Waals surface area contributed by atoms with Crippen LogP contribution in [0.2, 0.25) is 0 Å². The van der Waals surface area contributed by atoms with E-state index in [4.69, 9.17) is 0 Å². The summed E-state index contributed by atoms with van der Waals surface area (Å²) in [6.45, 7) is 5.69. The standard InChI is InChI=1S/C7H13N5O/c1-7(2,3)8-6(13)5-9-10-11-12(5)4/h1-4H3,(H,8,13). The van der Waals surface area contributed by atoms with E-state index in [0.717, 1.165) is 0 Å². The Morgan fingerprint density at radius 3 is 2.46 bits per heavy atom. The molecule has 0 bridgehead atoms. The van der Waals surface area contributed by atoms with Gasteiger partial charge < -0.3 is 5.32 Å². The summed E-state index contributed by atoms with van der Waals surface area (Å²) in [7, 11) is 1.62. The summed E-state index contributed by atoms with van der Waals surface area (Å²) in [5.74, 6) is -0.0464. The average molecular weight is 183 g/mol. The van der Waals surface area contributed by atoms with Gasteiger partial charge in [-0.2, -0.15) is 0 Å². The molecule has 13 heavy (non-hydrogen) atoms. The van der Waals surface area contributed by atoms with E-state index in [0.29, 0.717) is 0 Å². The zero-order chi connectivity index (χ0) is 10.1. The molecule has 0 aliphatic rings. The summed E-state index contributed by atoms with van der Waals surface area (Å²) in [6, 6.07) is 0. The lowest BCUT2D eigenvalue weighted by Gasteiger charge is -2.19. The van der Waals surface area contributed by atoms with Crippen molar-refractivity contribution in [3.05, 3.63) is 5.82 Å². The molecule has 1 rings (SSSR count). The van der Waals surface area contributed by atoms with E-state index in [1.165, 1.54) is 4.68 Å². The maximum absolute atomic E-state index is 11.5. The van der Waals surface area contributed by atoms with Crippen LogP contribution in [0.15, 0.2) is 0 Å². The van der Waals surface area contributed by atoms with Crippen LogP contribution < -0.4 is 5.32 Å². The number of amides is 1. The molecule has 0 aliphatic carbocycles. The molecule has 0 radical (unpaired) electrons. The van der Waals surface area contributed by atoms with E-state index in [2.05, 4.69) is 20.8 Å². The number of hydrogen-bond acceptors (Lipinski definition) is 4. The zero-order valence-corrected chi connectivity index (χ0v) is 8.20. The van der Waals surface area contributed by atoms with Gasteiger partial charge in [-0.3, -0.25) is 4.79 Å². The van der Waals surface area contributed by atoms with Crippen LogP contribution in [-0.2, 0) is 7.05 Å². The van der Waals surface area contributed by atoms with Crippen molar-refractivity contribution in [1.82, 2.24) is 25.5 Å². The maximum atomic E-state index is 11.5. The topological polar surface area (TPSA) is 72.7 Å². The number of carbonyl (C=O) groups is 1. The molecule has 1 amide bonds. The van der Waals surface area contributed by atoms with Gasteiger partial charge in [0.1, 0.15) is 0 Å². The van der Waals surface area contributed by atoms with Gasteiger partial charge in [0.15, 0.2) is 0 Å². The van der Waals surface area contributed by atoms with Crippen molar-refractivity contribution >= 4 is 5.91 Å². The normalized spacial score (nSPS) is 11.4. The van der Waals surface area contributed by atoms with E-state index in [9.17, 15) is 4.79 Å². The molecular formula is C7H13N5O. The van der Waals surface area contributed by atoms with Crippen molar-refractivity contribution in [1.29, 1.82) is 0 Å². The smallest absolute Gasteiger partial charge is 0.291 e. The summed E-state index contributed by atoms with van der Waals surface area (Å²) in [5.41, 5.74) is -0.275. The van der Waals surface area contributed by atoms with Gasteiger partial charge in [-0.1, -0.05) is 0 Å². The molecule has 0 unspecified atom stereocenters. The van der Waals surface area contributed by atoms with E-state index in [1.54, 1.807) is 7.05 Å². The number of aryl methyl sites for hydroxylation is 1. The molecule has 1 N–H and O–H groups in total. The van der Waals surface area contributed by atoms with Gasteiger partial charge >= 0.3 is 0 Å². The van der Waals surface area contributed by atoms with Crippen molar-refractivity contribution in [2.24, 2.45) is 7.05 Å². The SMILES string of the molecule is Cn1nnnc1C(=O)NC(C)(C)C. The first kappa shape index (κ1) is 9.63. The minimum Gasteiger partial charge on any atom is -0.345 e. The second kappa shape index (κ2) is 3.12. The molecule has 0 fully saturated rings. The molecule has 1 aromatic rings. The van der Waals surface area contributed by atoms with Crippen LogP contribution in [0, 0.1) is 0 Å². The Kier molecular flexibility index (Phi) is 2.31. The van der Waals surface area contributed by atoms with Crippen LogP contribution in [0.3, 0.4) is 0 Å². The van der Waals surface area contributed by atoms with Crippen LogP contribution in [0.25, 0.3) is 0 Å². The third kappa shape index (κ3) is 2.50. The number of tetrazole rings is 1. The Bertz CT molecular complexity index is 311. The highest BCUT2D eigenvalue weighted by Crippen LogP contribution is 2.00. The van der Waals surface area contributed by atoms with Crippen molar-refractivity contribution < 1.29 is 4.79 Å². The average Bonchev–Trinajstić information content (AvgIpc) is 2.30. The molecule has 0 spiro atoms. The molecule has 0 aliphatic heterocycles. The lowest BCUT2D eigenvalue weighted by Crippen LogP contribution is -2.41. The number of aromatic nitrogens is 4. The molecule has 0 saturated heterocycles. The Morgan fingerprint density at radius 1 is 1.46 bits per heavy atom. The Morgan fingerprint density at radius 2 is 2.08 bits per heavy atom. The Hall–Kier alpha value is -1.46. The van der Waals surface area contributed by atoms with Crippen LogP contribution >= 0.6 is 0 Å². The largest absolute Gasteiger partial charge is 0.345 e. The van der Waals surface area contributed by atoms with Gasteiger partial charge in [0.05, 0.1) is 0 Å². The summed E-state index contributed by atoms with van der Waals surface area (Å²) in [5, 5.41) is 13.3. The second-order valence-corrected chi connectivity index (χ2v) is 3.83. The number of rotatable bonds is 1. The Labute approximate surface area is 76.3 Å². The van der Waals surface area contributed by atoms with Gasteiger partial charge in [-0.15, -0.1) is 5.10 Å². The number of nitrogens with zero attached hydrogens (tertiary/aromatic N) is 4. The van der Waals surface area contributed by atoms with E-state index in [1.807, 2.05) is 20.8 Å². The highest BCUT2D eigenvalue weighted by Gasteiger charge is 2.19. The fourth-order valence-corrected chi connectivity index (χ4v) is 0.818. The molecular weight excluding hydrogens is 170 g/mol. The van der Waals surface area contributed by atoms with Gasteiger partial charge in [0.2, 0.25) is 5.82 Å². The molecule has 1 heterocycles. The predicted octanol–water partition coefficient (Wildman–Crippen LogP) is -0.262. The third-order valence-corrected chi connectivity index (χ3v) is 1.31. The first-order valence-electron chi connectivity index (χ1n) is 3.95. The number of nitrogens with one attached hydrogen (secondary N) is 1. The lowest BCUT2D eigenvalue weighted by atomic mass is 10.1. The lowest BCUT2D eigenvalue weighted by molar-refractivity contribution is 0.0904. The molecule has 72 valence electrons. The molecule has 0 aromatic carbocycles. The van der Waals surface area contributed by atoms with E-state index < -0.39 is 0 Å². The summed E-state index contributed by atoms with van der Waals surface area (Å²) in [6.07, 6.45) is 0. The predicted molar refractivity (Wildman–Crippen MR) is 46.0 cm³/mol. The van der Waals surface area contributed by atoms with E-state index in [-0.39, 0.29) is 17.3 Å². The quantitative estimate of drug-likeness (QED) is 0.651. The monoisotopic (exact) mass is 183 g/mol. The Balaban J connectivity index is 2.76. The summed E-state index contributed by atoms with van der Waals surface area (Å²) >= 11 is 0. The number of carbonyl (C=O) groups excluding carboxylic acids is 1. The highest BCUT2D eigenvalue weighted by atomic mass is 16.2. The summed E-state index contributed by atoms with van der Waals surface area (Å²) in [4.78, 5) is 11.5. The molecule has 0 atom stereocenters. The van der Waals surface area contributed by atoms with Crippen LogP contribution in [-0.4, -0.2) is 31.7 Å². The summed E-state index contributed by atoms with van der Waals surface area (Å²) < 4.78 is 1.33. The van der Waals surface area contributed by atoms with Crippen LogP contribution in [0.4, 0.5) is 0 Å². The molecule has 0 saturated carbocycles. The minimum atomic E-state index is -0.275. The molecule has 1 aromatic heterocycles. The third-order valence-electron chi connectivity index (χ3n) is 1.31. The van der Waals surface area contributed by atoms with Crippen molar-refractivity contribution in [3.63, 3.8) is 0 Å². The minimum absolute atomic E-state index is 0.218. The van der Waals surface area contributed by atoms with E-state index >= 15 is 0 Å². The highest BCUT2D eigenvalue weighted by molar-refractivity contribution is 5.90. The molecule has 6 nitrogen and oxygen atoms in total. The molecule has 6 heteroatoms. The van der Waals surface area contributed by atoms with Crippen LogP contribution in [0.1, 0.15) is 31.4 Å². The first-order valence-corrected chi connectivity index (χ1v) is 3.95.